The van der Waals surface area contributed by atoms with Gasteiger partial charge in [-0.1, -0.05) is 20.8 Å². The van der Waals surface area contributed by atoms with Gasteiger partial charge in [0, 0.05) is 12.6 Å². The van der Waals surface area contributed by atoms with Crippen molar-refractivity contribution in [2.75, 3.05) is 6.54 Å². The molecule has 0 radical (unpaired) electrons. The van der Waals surface area contributed by atoms with Gasteiger partial charge in [-0.15, -0.1) is 0 Å². The molecule has 0 aromatic heterocycles. The van der Waals surface area contributed by atoms with Gasteiger partial charge in [-0.3, -0.25) is 9.59 Å². The van der Waals surface area contributed by atoms with Crippen LogP contribution in [0, 0.1) is 11.8 Å². The topological polar surface area (TPSA) is 92.4 Å². The van der Waals surface area contributed by atoms with E-state index >= 15 is 0 Å². The van der Waals surface area contributed by atoms with Gasteiger partial charge in [0.05, 0.1) is 12.3 Å². The molecule has 0 fully saturated rings. The summed E-state index contributed by atoms with van der Waals surface area (Å²) in [6.45, 7) is 5.98. The van der Waals surface area contributed by atoms with Crippen molar-refractivity contribution in [1.82, 2.24) is 5.32 Å². The van der Waals surface area contributed by atoms with Crippen molar-refractivity contribution in [1.29, 1.82) is 0 Å². The summed E-state index contributed by atoms with van der Waals surface area (Å²) in [7, 11) is 0. The Morgan fingerprint density at radius 2 is 1.94 bits per heavy atom. The second-order valence-corrected chi connectivity index (χ2v) is 4.30. The normalized spacial score (nSPS) is 14.6. The van der Waals surface area contributed by atoms with Gasteiger partial charge in [-0.05, 0) is 12.3 Å². The lowest BCUT2D eigenvalue weighted by Crippen LogP contribution is -2.43. The molecule has 0 aromatic rings. The number of carbonyl (C=O) groups excluding carboxylic acids is 1. The number of carboxylic acids is 1. The van der Waals surface area contributed by atoms with Crippen LogP contribution in [0.4, 0.5) is 0 Å². The highest BCUT2D eigenvalue weighted by Gasteiger charge is 2.23. The lowest BCUT2D eigenvalue weighted by Gasteiger charge is -2.22. The molecule has 2 unspecified atom stereocenters. The highest BCUT2D eigenvalue weighted by atomic mass is 16.4. The van der Waals surface area contributed by atoms with E-state index in [4.69, 9.17) is 10.8 Å². The molecule has 1 amide bonds. The second kappa shape index (κ2) is 7.22. The second-order valence-electron chi connectivity index (χ2n) is 4.30. The molecular weight excluding hydrogens is 208 g/mol. The molecule has 0 aromatic carbocycles. The third-order valence-corrected chi connectivity index (χ3v) is 2.66. The van der Waals surface area contributed by atoms with Crippen molar-refractivity contribution in [2.24, 2.45) is 17.6 Å². The molecule has 0 aliphatic heterocycles. The van der Waals surface area contributed by atoms with Crippen LogP contribution < -0.4 is 11.1 Å². The van der Waals surface area contributed by atoms with Crippen LogP contribution >= 0.6 is 0 Å². The minimum Gasteiger partial charge on any atom is -0.481 e. The smallest absolute Gasteiger partial charge is 0.305 e. The van der Waals surface area contributed by atoms with E-state index in [1.807, 2.05) is 20.8 Å². The van der Waals surface area contributed by atoms with E-state index < -0.39 is 5.97 Å². The minimum absolute atomic E-state index is 0.0440. The summed E-state index contributed by atoms with van der Waals surface area (Å²) >= 11 is 0. The predicted octanol–water partition coefficient (Wildman–Crippen LogP) is 0.587. The number of nitrogens with two attached hydrogens (primary N) is 1. The molecule has 0 rings (SSSR count). The quantitative estimate of drug-likeness (QED) is 0.596. The summed E-state index contributed by atoms with van der Waals surface area (Å²) in [4.78, 5) is 22.3. The van der Waals surface area contributed by atoms with Gasteiger partial charge in [0.2, 0.25) is 5.91 Å². The van der Waals surface area contributed by atoms with Crippen LogP contribution in [0.1, 0.15) is 33.6 Å². The van der Waals surface area contributed by atoms with Crippen molar-refractivity contribution < 1.29 is 14.7 Å². The summed E-state index contributed by atoms with van der Waals surface area (Å²) in [6.07, 6.45) is 0.561. The highest BCUT2D eigenvalue weighted by molar-refractivity contribution is 5.80. The maximum absolute atomic E-state index is 11.8. The van der Waals surface area contributed by atoms with Crippen LogP contribution in [0.5, 0.6) is 0 Å². The molecule has 0 bridgehead atoms. The number of carboxylic acid groups (broad SMARTS) is 1. The maximum atomic E-state index is 11.8. The van der Waals surface area contributed by atoms with Gasteiger partial charge in [0.15, 0.2) is 0 Å². The number of hydrogen-bond donors (Lipinski definition) is 3. The first-order chi connectivity index (χ1) is 7.42. The van der Waals surface area contributed by atoms with Crippen LogP contribution in [-0.4, -0.2) is 29.6 Å². The van der Waals surface area contributed by atoms with E-state index in [1.54, 1.807) is 0 Å². The largest absolute Gasteiger partial charge is 0.481 e. The Kier molecular flexibility index (Phi) is 6.72. The zero-order valence-electron chi connectivity index (χ0n) is 10.2. The molecule has 2 atom stereocenters. The molecule has 5 heteroatoms. The Bertz CT molecular complexity index is 241. The molecule has 0 aliphatic rings. The molecule has 0 heterocycles. The SMILES string of the molecule is CCC(CC(=O)O)NC(=O)C(CN)C(C)C. The molecule has 16 heavy (non-hydrogen) atoms. The van der Waals surface area contributed by atoms with E-state index in [-0.39, 0.29) is 36.8 Å². The Morgan fingerprint density at radius 1 is 1.38 bits per heavy atom. The molecule has 0 saturated heterocycles. The van der Waals surface area contributed by atoms with Crippen molar-refractivity contribution in [3.05, 3.63) is 0 Å². The van der Waals surface area contributed by atoms with Crippen molar-refractivity contribution >= 4 is 11.9 Å². The number of carbonyl (C=O) groups is 2. The van der Waals surface area contributed by atoms with Crippen molar-refractivity contribution in [2.45, 2.75) is 39.7 Å². The number of hydrogen-bond acceptors (Lipinski definition) is 3. The van der Waals surface area contributed by atoms with Crippen LogP contribution in [-0.2, 0) is 9.59 Å². The first kappa shape index (κ1) is 14.9. The Labute approximate surface area is 96.4 Å². The van der Waals surface area contributed by atoms with E-state index in [2.05, 4.69) is 5.32 Å². The summed E-state index contributed by atoms with van der Waals surface area (Å²) in [5.74, 6) is -1.14. The van der Waals surface area contributed by atoms with Gasteiger partial charge in [0.25, 0.3) is 0 Å². The Balaban J connectivity index is 4.33. The lowest BCUT2D eigenvalue weighted by molar-refractivity contribution is -0.137. The number of aliphatic carboxylic acids is 1. The van der Waals surface area contributed by atoms with E-state index in [0.29, 0.717) is 6.42 Å². The fourth-order valence-electron chi connectivity index (χ4n) is 1.50. The highest BCUT2D eigenvalue weighted by Crippen LogP contribution is 2.10. The fraction of sp³-hybridized carbons (Fsp3) is 0.818. The average Bonchev–Trinajstić information content (AvgIpc) is 2.16. The van der Waals surface area contributed by atoms with Crippen LogP contribution in [0.15, 0.2) is 0 Å². The molecule has 5 nitrogen and oxygen atoms in total. The molecule has 94 valence electrons. The minimum atomic E-state index is -0.902. The third-order valence-electron chi connectivity index (χ3n) is 2.66. The summed E-state index contributed by atoms with van der Waals surface area (Å²) in [5, 5.41) is 11.4. The molecule has 0 saturated carbocycles. The molecule has 0 aliphatic carbocycles. The summed E-state index contributed by atoms with van der Waals surface area (Å²) in [5.41, 5.74) is 5.52. The van der Waals surface area contributed by atoms with E-state index in [1.165, 1.54) is 0 Å². The van der Waals surface area contributed by atoms with Crippen molar-refractivity contribution in [3.8, 4) is 0 Å². The monoisotopic (exact) mass is 230 g/mol. The molecule has 0 spiro atoms. The molecule has 4 N–H and O–H groups in total. The van der Waals surface area contributed by atoms with E-state index in [0.717, 1.165) is 0 Å². The molecular formula is C11H22N2O3. The third kappa shape index (κ3) is 5.11. The van der Waals surface area contributed by atoms with Crippen LogP contribution in [0.2, 0.25) is 0 Å². The first-order valence-corrected chi connectivity index (χ1v) is 5.64. The zero-order valence-corrected chi connectivity index (χ0v) is 10.2. The van der Waals surface area contributed by atoms with Crippen molar-refractivity contribution in [3.63, 3.8) is 0 Å². The first-order valence-electron chi connectivity index (χ1n) is 5.64. The van der Waals surface area contributed by atoms with Gasteiger partial charge in [0.1, 0.15) is 0 Å². The Morgan fingerprint density at radius 3 is 2.25 bits per heavy atom. The fourth-order valence-corrected chi connectivity index (χ4v) is 1.50. The zero-order chi connectivity index (χ0) is 12.7. The van der Waals surface area contributed by atoms with Crippen LogP contribution in [0.25, 0.3) is 0 Å². The maximum Gasteiger partial charge on any atom is 0.305 e. The lowest BCUT2D eigenvalue weighted by atomic mass is 9.94. The number of amides is 1. The number of rotatable bonds is 7. The standard InChI is InChI=1S/C11H22N2O3/c1-4-8(5-10(14)15)13-11(16)9(6-12)7(2)3/h7-9H,4-6,12H2,1-3H3,(H,13,16)(H,14,15). The summed E-state index contributed by atoms with van der Waals surface area (Å²) in [6, 6.07) is -0.308. The van der Waals surface area contributed by atoms with Gasteiger partial charge < -0.3 is 16.2 Å². The van der Waals surface area contributed by atoms with Gasteiger partial charge >= 0.3 is 5.97 Å². The predicted molar refractivity (Wildman–Crippen MR) is 61.9 cm³/mol. The Hall–Kier alpha value is -1.10. The van der Waals surface area contributed by atoms with E-state index in [9.17, 15) is 9.59 Å². The van der Waals surface area contributed by atoms with Gasteiger partial charge in [-0.25, -0.2) is 0 Å². The number of nitrogens with one attached hydrogen (secondary N) is 1. The summed E-state index contributed by atoms with van der Waals surface area (Å²) < 4.78 is 0. The van der Waals surface area contributed by atoms with Gasteiger partial charge in [-0.2, -0.15) is 0 Å². The average molecular weight is 230 g/mol. The van der Waals surface area contributed by atoms with Crippen LogP contribution in [0.3, 0.4) is 0 Å².